The van der Waals surface area contributed by atoms with Crippen molar-refractivity contribution >= 4 is 27.4 Å². The van der Waals surface area contributed by atoms with Crippen LogP contribution in [0, 0.1) is 29.1 Å². The van der Waals surface area contributed by atoms with E-state index in [-0.39, 0.29) is 17.2 Å². The van der Waals surface area contributed by atoms with E-state index in [9.17, 15) is 26.7 Å². The lowest BCUT2D eigenvalue weighted by Crippen LogP contribution is -2.11. The molecule has 0 amide bonds. The number of thiophene rings is 1. The summed E-state index contributed by atoms with van der Waals surface area (Å²) < 4.78 is 78.4. The Kier molecular flexibility index (Phi) is 5.31. The average molecular weight is 402 g/mol. The summed E-state index contributed by atoms with van der Waals surface area (Å²) in [4.78, 5) is 12.2. The summed E-state index contributed by atoms with van der Waals surface area (Å²) in [7, 11) is 0. The maximum absolute atomic E-state index is 13.8. The lowest BCUT2D eigenvalue weighted by Gasteiger charge is -2.11. The standard InChI is InChI=1S/C18H11F5O3S/c1-2-25-18(24)17-16(8-5-3-4-6-10(8)27-17)26-7-9-11(19)13(21)15(23)14(22)12(9)20/h3-6H,2,7H2,1H3. The number of esters is 1. The molecule has 0 saturated heterocycles. The number of rotatable bonds is 5. The highest BCUT2D eigenvalue weighted by atomic mass is 32.1. The molecule has 0 bridgehead atoms. The van der Waals surface area contributed by atoms with Crippen LogP contribution in [0.5, 0.6) is 5.75 Å². The minimum Gasteiger partial charge on any atom is -0.486 e. The fourth-order valence-corrected chi connectivity index (χ4v) is 3.46. The molecule has 9 heteroatoms. The van der Waals surface area contributed by atoms with Crippen LogP contribution >= 0.6 is 11.3 Å². The maximum Gasteiger partial charge on any atom is 0.352 e. The molecule has 0 aliphatic carbocycles. The van der Waals surface area contributed by atoms with E-state index in [0.717, 1.165) is 11.3 Å². The zero-order valence-corrected chi connectivity index (χ0v) is 14.6. The zero-order chi connectivity index (χ0) is 19.7. The fourth-order valence-electron chi connectivity index (χ4n) is 2.42. The molecule has 0 radical (unpaired) electrons. The van der Waals surface area contributed by atoms with Crippen LogP contribution in [-0.2, 0) is 11.3 Å². The summed E-state index contributed by atoms with van der Waals surface area (Å²) in [6.45, 7) is 0.726. The molecule has 0 aliphatic rings. The Labute approximate surface area is 153 Å². The van der Waals surface area contributed by atoms with Gasteiger partial charge < -0.3 is 9.47 Å². The summed E-state index contributed by atoms with van der Waals surface area (Å²) >= 11 is 1.03. The molecular formula is C18H11F5O3S. The van der Waals surface area contributed by atoms with E-state index in [1.165, 1.54) is 0 Å². The van der Waals surface area contributed by atoms with E-state index >= 15 is 0 Å². The number of ether oxygens (including phenoxy) is 2. The number of benzene rings is 2. The Morgan fingerprint density at radius 2 is 1.56 bits per heavy atom. The zero-order valence-electron chi connectivity index (χ0n) is 13.7. The van der Waals surface area contributed by atoms with Crippen molar-refractivity contribution in [3.05, 3.63) is 63.8 Å². The van der Waals surface area contributed by atoms with Gasteiger partial charge in [-0.05, 0) is 19.1 Å². The summed E-state index contributed by atoms with van der Waals surface area (Å²) in [6, 6.07) is 6.65. The largest absolute Gasteiger partial charge is 0.486 e. The first kappa shape index (κ1) is 19.1. The molecule has 0 aliphatic heterocycles. The predicted octanol–water partition coefficient (Wildman–Crippen LogP) is 5.35. The monoisotopic (exact) mass is 402 g/mol. The number of carbonyl (C=O) groups excluding carboxylic acids is 1. The maximum atomic E-state index is 13.8. The number of carbonyl (C=O) groups is 1. The van der Waals surface area contributed by atoms with Crippen molar-refractivity contribution in [2.75, 3.05) is 6.61 Å². The summed E-state index contributed by atoms with van der Waals surface area (Å²) in [6.07, 6.45) is 0. The van der Waals surface area contributed by atoms with Crippen molar-refractivity contribution in [3.63, 3.8) is 0 Å². The molecular weight excluding hydrogens is 391 g/mol. The third kappa shape index (κ3) is 3.34. The number of hydrogen-bond donors (Lipinski definition) is 0. The van der Waals surface area contributed by atoms with Crippen LogP contribution in [0.25, 0.3) is 10.1 Å². The number of fused-ring (bicyclic) bond motifs is 1. The van der Waals surface area contributed by atoms with Gasteiger partial charge in [0.2, 0.25) is 5.82 Å². The first-order chi connectivity index (χ1) is 12.9. The Bertz CT molecular complexity index is 1000. The van der Waals surface area contributed by atoms with Gasteiger partial charge in [0.25, 0.3) is 0 Å². The third-order valence-electron chi connectivity index (χ3n) is 3.67. The second kappa shape index (κ2) is 7.51. The highest BCUT2D eigenvalue weighted by Crippen LogP contribution is 2.39. The summed E-state index contributed by atoms with van der Waals surface area (Å²) in [5.74, 6) is -11.1. The lowest BCUT2D eigenvalue weighted by molar-refractivity contribution is 0.0527. The van der Waals surface area contributed by atoms with E-state index in [0.29, 0.717) is 10.1 Å². The van der Waals surface area contributed by atoms with E-state index in [1.807, 2.05) is 0 Å². The van der Waals surface area contributed by atoms with Crippen LogP contribution in [0.1, 0.15) is 22.2 Å². The smallest absolute Gasteiger partial charge is 0.352 e. The van der Waals surface area contributed by atoms with Crippen molar-refractivity contribution in [1.82, 2.24) is 0 Å². The van der Waals surface area contributed by atoms with Gasteiger partial charge in [-0.25, -0.2) is 26.7 Å². The number of hydrogen-bond acceptors (Lipinski definition) is 4. The Morgan fingerprint density at radius 3 is 2.19 bits per heavy atom. The normalized spacial score (nSPS) is 11.0. The minimum absolute atomic E-state index is 0.0296. The van der Waals surface area contributed by atoms with Gasteiger partial charge in [-0.15, -0.1) is 11.3 Å². The Morgan fingerprint density at radius 1 is 0.963 bits per heavy atom. The molecule has 0 unspecified atom stereocenters. The summed E-state index contributed by atoms with van der Waals surface area (Å²) in [5.41, 5.74) is -1.13. The van der Waals surface area contributed by atoms with Crippen LogP contribution in [0.3, 0.4) is 0 Å². The predicted molar refractivity (Wildman–Crippen MR) is 88.3 cm³/mol. The Balaban J connectivity index is 2.03. The van der Waals surface area contributed by atoms with Crippen LogP contribution in [0.4, 0.5) is 22.0 Å². The minimum atomic E-state index is -2.25. The quantitative estimate of drug-likeness (QED) is 0.250. The SMILES string of the molecule is CCOC(=O)c1sc2ccccc2c1OCc1c(F)c(F)c(F)c(F)c1F. The van der Waals surface area contributed by atoms with Crippen LogP contribution in [0.2, 0.25) is 0 Å². The van der Waals surface area contributed by atoms with Gasteiger partial charge in [0.05, 0.1) is 12.2 Å². The fraction of sp³-hybridized carbons (Fsp3) is 0.167. The molecule has 0 fully saturated rings. The lowest BCUT2D eigenvalue weighted by atomic mass is 10.1. The van der Waals surface area contributed by atoms with Gasteiger partial charge in [0.1, 0.15) is 6.61 Å². The average Bonchev–Trinajstić information content (AvgIpc) is 3.04. The topological polar surface area (TPSA) is 35.5 Å². The molecule has 142 valence electrons. The first-order valence-corrected chi connectivity index (χ1v) is 8.50. The van der Waals surface area contributed by atoms with Crippen LogP contribution in [-0.4, -0.2) is 12.6 Å². The molecule has 0 N–H and O–H groups in total. The molecule has 3 rings (SSSR count). The highest BCUT2D eigenvalue weighted by Gasteiger charge is 2.27. The molecule has 3 nitrogen and oxygen atoms in total. The van der Waals surface area contributed by atoms with E-state index in [1.54, 1.807) is 31.2 Å². The van der Waals surface area contributed by atoms with Gasteiger partial charge in [-0.2, -0.15) is 0 Å². The van der Waals surface area contributed by atoms with Crippen LogP contribution < -0.4 is 4.74 Å². The van der Waals surface area contributed by atoms with E-state index < -0.39 is 47.2 Å². The molecule has 1 heterocycles. The molecule has 3 aromatic rings. The van der Waals surface area contributed by atoms with Crippen molar-refractivity contribution in [2.45, 2.75) is 13.5 Å². The van der Waals surface area contributed by atoms with Crippen LogP contribution in [0.15, 0.2) is 24.3 Å². The first-order valence-electron chi connectivity index (χ1n) is 7.68. The highest BCUT2D eigenvalue weighted by molar-refractivity contribution is 7.21. The van der Waals surface area contributed by atoms with Crippen molar-refractivity contribution in [3.8, 4) is 5.75 Å². The molecule has 0 atom stereocenters. The van der Waals surface area contributed by atoms with Gasteiger partial charge in [-0.3, -0.25) is 0 Å². The van der Waals surface area contributed by atoms with Gasteiger partial charge in [0.15, 0.2) is 33.9 Å². The third-order valence-corrected chi connectivity index (χ3v) is 4.80. The molecule has 27 heavy (non-hydrogen) atoms. The van der Waals surface area contributed by atoms with Crippen molar-refractivity contribution < 1.29 is 36.2 Å². The molecule has 0 saturated carbocycles. The van der Waals surface area contributed by atoms with E-state index in [2.05, 4.69) is 0 Å². The summed E-state index contributed by atoms with van der Waals surface area (Å²) in [5, 5.41) is 0.453. The molecule has 2 aromatic carbocycles. The second-order valence-corrected chi connectivity index (χ2v) is 6.37. The van der Waals surface area contributed by atoms with Gasteiger partial charge in [-0.1, -0.05) is 12.1 Å². The van der Waals surface area contributed by atoms with Gasteiger partial charge in [0, 0.05) is 10.1 Å². The molecule has 1 aromatic heterocycles. The number of halogens is 5. The van der Waals surface area contributed by atoms with Crippen molar-refractivity contribution in [2.24, 2.45) is 0 Å². The molecule has 0 spiro atoms. The van der Waals surface area contributed by atoms with Gasteiger partial charge >= 0.3 is 5.97 Å². The second-order valence-electron chi connectivity index (χ2n) is 5.31. The van der Waals surface area contributed by atoms with Crippen molar-refractivity contribution in [1.29, 1.82) is 0 Å². The Hall–Kier alpha value is -2.68. The van der Waals surface area contributed by atoms with E-state index in [4.69, 9.17) is 9.47 Å².